The van der Waals surface area contributed by atoms with Gasteiger partial charge in [0.15, 0.2) is 0 Å². The van der Waals surface area contributed by atoms with Crippen molar-refractivity contribution in [2.45, 2.75) is 57.9 Å². The van der Waals surface area contributed by atoms with Crippen molar-refractivity contribution in [2.75, 3.05) is 32.9 Å². The van der Waals surface area contributed by atoms with Crippen LogP contribution in [-0.4, -0.2) is 49.8 Å². The zero-order valence-corrected chi connectivity index (χ0v) is 12.8. The number of rotatable bonds is 5. The molecular weight excluding hydrogens is 254 g/mol. The van der Waals surface area contributed by atoms with Gasteiger partial charge in [0.25, 0.3) is 0 Å². The molecule has 0 aromatic heterocycles. The van der Waals surface area contributed by atoms with Gasteiger partial charge >= 0.3 is 5.97 Å². The number of nitrogens with zero attached hydrogens (tertiary/aromatic N) is 1. The fraction of sp³-hybridized carbons (Fsp3) is 0.938. The van der Waals surface area contributed by atoms with E-state index in [1.807, 2.05) is 6.92 Å². The molecule has 1 saturated carbocycles. The van der Waals surface area contributed by atoms with Crippen LogP contribution in [0.25, 0.3) is 0 Å². The summed E-state index contributed by atoms with van der Waals surface area (Å²) in [6.45, 7) is 5.88. The molecule has 1 saturated heterocycles. The lowest BCUT2D eigenvalue weighted by molar-refractivity contribution is -0.145. The maximum absolute atomic E-state index is 11.9. The van der Waals surface area contributed by atoms with Gasteiger partial charge in [0.05, 0.1) is 26.2 Å². The van der Waals surface area contributed by atoms with E-state index in [-0.39, 0.29) is 5.97 Å². The van der Waals surface area contributed by atoms with E-state index in [2.05, 4.69) is 4.90 Å². The fourth-order valence-electron chi connectivity index (χ4n) is 3.59. The van der Waals surface area contributed by atoms with Crippen LogP contribution in [0.4, 0.5) is 0 Å². The zero-order valence-electron chi connectivity index (χ0n) is 12.8. The monoisotopic (exact) mass is 283 g/mol. The average Bonchev–Trinajstić information content (AvgIpc) is 2.75. The highest BCUT2D eigenvalue weighted by Crippen LogP contribution is 2.30. The summed E-state index contributed by atoms with van der Waals surface area (Å²) in [7, 11) is 0. The molecule has 1 unspecified atom stereocenters. The maximum atomic E-state index is 11.9. The Kier molecular flexibility index (Phi) is 6.80. The molecule has 0 amide bonds. The van der Waals surface area contributed by atoms with Gasteiger partial charge in [-0.25, -0.2) is 0 Å². The van der Waals surface area contributed by atoms with E-state index in [0.29, 0.717) is 25.0 Å². The first-order valence-corrected chi connectivity index (χ1v) is 8.28. The van der Waals surface area contributed by atoms with Crippen molar-refractivity contribution >= 4 is 5.97 Å². The molecule has 4 heteroatoms. The van der Waals surface area contributed by atoms with E-state index in [0.717, 1.165) is 26.3 Å². The number of hydrogen-bond acceptors (Lipinski definition) is 4. The predicted molar refractivity (Wildman–Crippen MR) is 78.6 cm³/mol. The van der Waals surface area contributed by atoms with Gasteiger partial charge in [-0.3, -0.25) is 9.69 Å². The van der Waals surface area contributed by atoms with Gasteiger partial charge in [-0.1, -0.05) is 25.7 Å². The maximum Gasteiger partial charge on any atom is 0.307 e. The lowest BCUT2D eigenvalue weighted by Gasteiger charge is -2.38. The fourth-order valence-corrected chi connectivity index (χ4v) is 3.59. The number of ether oxygens (including phenoxy) is 2. The summed E-state index contributed by atoms with van der Waals surface area (Å²) in [6, 6.07) is 0.357. The summed E-state index contributed by atoms with van der Waals surface area (Å²) in [5.74, 6) is 0.619. The quantitative estimate of drug-likeness (QED) is 0.574. The van der Waals surface area contributed by atoms with E-state index in [9.17, 15) is 4.79 Å². The van der Waals surface area contributed by atoms with Crippen LogP contribution in [0.5, 0.6) is 0 Å². The van der Waals surface area contributed by atoms with Gasteiger partial charge in [-0.2, -0.15) is 0 Å². The molecule has 0 N–H and O–H groups in total. The molecule has 0 radical (unpaired) electrons. The van der Waals surface area contributed by atoms with E-state index >= 15 is 0 Å². The van der Waals surface area contributed by atoms with Crippen LogP contribution in [0.2, 0.25) is 0 Å². The zero-order chi connectivity index (χ0) is 14.2. The van der Waals surface area contributed by atoms with Crippen LogP contribution in [0.3, 0.4) is 0 Å². The third-order valence-electron chi connectivity index (χ3n) is 4.64. The Morgan fingerprint density at radius 2 is 1.85 bits per heavy atom. The molecular formula is C16H29NO3. The molecule has 0 aromatic carbocycles. The third kappa shape index (κ3) is 4.74. The van der Waals surface area contributed by atoms with Crippen LogP contribution in [0, 0.1) is 5.92 Å². The molecule has 2 rings (SSSR count). The Morgan fingerprint density at radius 3 is 2.45 bits per heavy atom. The SMILES string of the molecule is CCOC(=O)CC(C1CCCCCC1)N1CCOCC1. The van der Waals surface area contributed by atoms with Crippen LogP contribution in [-0.2, 0) is 14.3 Å². The molecule has 4 nitrogen and oxygen atoms in total. The van der Waals surface area contributed by atoms with Gasteiger partial charge < -0.3 is 9.47 Å². The summed E-state index contributed by atoms with van der Waals surface area (Å²) >= 11 is 0. The van der Waals surface area contributed by atoms with E-state index in [1.54, 1.807) is 0 Å². The Morgan fingerprint density at radius 1 is 1.20 bits per heavy atom. The minimum Gasteiger partial charge on any atom is -0.466 e. The number of carbonyl (C=O) groups is 1. The number of morpholine rings is 1. The molecule has 0 spiro atoms. The van der Waals surface area contributed by atoms with E-state index in [4.69, 9.17) is 9.47 Å². The van der Waals surface area contributed by atoms with E-state index < -0.39 is 0 Å². The molecule has 20 heavy (non-hydrogen) atoms. The highest BCUT2D eigenvalue weighted by Gasteiger charge is 2.31. The first kappa shape index (κ1) is 15.8. The van der Waals surface area contributed by atoms with Crippen molar-refractivity contribution < 1.29 is 14.3 Å². The average molecular weight is 283 g/mol. The van der Waals surface area contributed by atoms with Gasteiger partial charge in [-0.05, 0) is 25.7 Å². The first-order valence-electron chi connectivity index (χ1n) is 8.28. The van der Waals surface area contributed by atoms with Crippen LogP contribution in [0.15, 0.2) is 0 Å². The second-order valence-corrected chi connectivity index (χ2v) is 5.98. The van der Waals surface area contributed by atoms with Gasteiger partial charge in [0.1, 0.15) is 0 Å². The van der Waals surface area contributed by atoms with Gasteiger partial charge in [0, 0.05) is 19.1 Å². The number of esters is 1. The van der Waals surface area contributed by atoms with Crippen LogP contribution >= 0.6 is 0 Å². The smallest absolute Gasteiger partial charge is 0.307 e. The third-order valence-corrected chi connectivity index (χ3v) is 4.64. The molecule has 2 aliphatic rings. The summed E-state index contributed by atoms with van der Waals surface area (Å²) < 4.78 is 10.6. The minimum atomic E-state index is -0.0340. The molecule has 2 fully saturated rings. The van der Waals surface area contributed by atoms with Crippen molar-refractivity contribution in [1.82, 2.24) is 4.90 Å². The number of carbonyl (C=O) groups excluding carboxylic acids is 1. The topological polar surface area (TPSA) is 38.8 Å². The van der Waals surface area contributed by atoms with Crippen molar-refractivity contribution in [2.24, 2.45) is 5.92 Å². The van der Waals surface area contributed by atoms with Crippen molar-refractivity contribution in [1.29, 1.82) is 0 Å². The Labute approximate surface area is 122 Å². The molecule has 1 heterocycles. The second kappa shape index (κ2) is 8.63. The Hall–Kier alpha value is -0.610. The van der Waals surface area contributed by atoms with Crippen LogP contribution in [0.1, 0.15) is 51.9 Å². The van der Waals surface area contributed by atoms with Gasteiger partial charge in [0.2, 0.25) is 0 Å². The highest BCUT2D eigenvalue weighted by molar-refractivity contribution is 5.70. The summed E-state index contributed by atoms with van der Waals surface area (Å²) in [4.78, 5) is 14.4. The van der Waals surface area contributed by atoms with Crippen LogP contribution < -0.4 is 0 Å². The molecule has 1 aliphatic heterocycles. The summed E-state index contributed by atoms with van der Waals surface area (Å²) in [5.41, 5.74) is 0. The number of hydrogen-bond donors (Lipinski definition) is 0. The lowest BCUT2D eigenvalue weighted by atomic mass is 9.88. The lowest BCUT2D eigenvalue weighted by Crippen LogP contribution is -2.48. The molecule has 1 aliphatic carbocycles. The van der Waals surface area contributed by atoms with Crippen molar-refractivity contribution in [3.8, 4) is 0 Å². The predicted octanol–water partition coefficient (Wildman–Crippen LogP) is 2.61. The summed E-state index contributed by atoms with van der Waals surface area (Å²) in [6.07, 6.45) is 8.42. The molecule has 0 bridgehead atoms. The van der Waals surface area contributed by atoms with Gasteiger partial charge in [-0.15, -0.1) is 0 Å². The first-order chi connectivity index (χ1) is 9.81. The standard InChI is InChI=1S/C16H29NO3/c1-2-20-16(18)13-15(17-9-11-19-12-10-17)14-7-5-3-4-6-8-14/h14-15H,2-13H2,1H3. The Balaban J connectivity index is 1.98. The largest absolute Gasteiger partial charge is 0.466 e. The molecule has 0 aromatic rings. The second-order valence-electron chi connectivity index (χ2n) is 5.98. The minimum absolute atomic E-state index is 0.0340. The van der Waals surface area contributed by atoms with Crippen molar-refractivity contribution in [3.05, 3.63) is 0 Å². The van der Waals surface area contributed by atoms with Crippen molar-refractivity contribution in [3.63, 3.8) is 0 Å². The molecule has 116 valence electrons. The summed E-state index contributed by atoms with van der Waals surface area (Å²) in [5, 5.41) is 0. The highest BCUT2D eigenvalue weighted by atomic mass is 16.5. The Bertz CT molecular complexity index is 281. The normalized spacial score (nSPS) is 24.1. The van der Waals surface area contributed by atoms with E-state index in [1.165, 1.54) is 38.5 Å². The molecule has 1 atom stereocenters.